The summed E-state index contributed by atoms with van der Waals surface area (Å²) in [4.78, 5) is 21.8. The first-order chi connectivity index (χ1) is 14.9. The number of phenols is 1. The second kappa shape index (κ2) is 13.3. The first-order valence-corrected chi connectivity index (χ1v) is 12.1. The Morgan fingerprint density at radius 1 is 1.03 bits per heavy atom. The lowest BCUT2D eigenvalue weighted by Gasteiger charge is -2.26. The van der Waals surface area contributed by atoms with E-state index in [0.29, 0.717) is 11.7 Å². The van der Waals surface area contributed by atoms with Gasteiger partial charge in [0.1, 0.15) is 12.0 Å². The third kappa shape index (κ3) is 9.71. The molecule has 0 amide bonds. The highest BCUT2D eigenvalue weighted by Crippen LogP contribution is 2.44. The van der Waals surface area contributed by atoms with E-state index < -0.39 is 5.97 Å². The molecule has 0 unspecified atom stereocenters. The van der Waals surface area contributed by atoms with Gasteiger partial charge in [-0.05, 0) is 61.1 Å². The van der Waals surface area contributed by atoms with Crippen molar-refractivity contribution in [3.8, 4) is 5.75 Å². The zero-order valence-corrected chi connectivity index (χ0v) is 19.1. The molecule has 1 aliphatic carbocycles. The molecule has 0 saturated heterocycles. The number of carboxylic acids is 1. The van der Waals surface area contributed by atoms with Crippen LogP contribution in [-0.2, 0) is 16.0 Å². The number of aliphatic carboxylic acids is 1. The highest BCUT2D eigenvalue weighted by Gasteiger charge is 2.31. The number of phenolic OH excluding ortho intramolecular Hbond substituents is 1. The minimum Gasteiger partial charge on any atom is -0.508 e. The summed E-state index contributed by atoms with van der Waals surface area (Å²) in [7, 11) is 0. The van der Waals surface area contributed by atoms with Crippen molar-refractivity contribution in [3.05, 3.63) is 42.0 Å². The summed E-state index contributed by atoms with van der Waals surface area (Å²) in [6, 6.07) is 7.55. The number of aromatic hydroxyl groups is 1. The fourth-order valence-corrected chi connectivity index (χ4v) is 5.03. The zero-order chi connectivity index (χ0) is 22.5. The molecule has 1 fully saturated rings. The number of benzene rings is 1. The van der Waals surface area contributed by atoms with E-state index in [0.717, 1.165) is 64.1 Å². The number of rotatable bonds is 15. The molecule has 0 aliphatic heterocycles. The Hall–Kier alpha value is -2.10. The first-order valence-electron chi connectivity index (χ1n) is 12.1. The van der Waals surface area contributed by atoms with E-state index in [-0.39, 0.29) is 11.3 Å². The van der Waals surface area contributed by atoms with Gasteiger partial charge in [0.05, 0.1) is 0 Å². The Morgan fingerprint density at radius 3 is 2.32 bits per heavy atom. The lowest BCUT2D eigenvalue weighted by molar-refractivity contribution is -0.131. The van der Waals surface area contributed by atoms with Gasteiger partial charge in [0.25, 0.3) is 0 Å². The monoisotopic (exact) mass is 428 g/mol. The summed E-state index contributed by atoms with van der Waals surface area (Å²) in [6.07, 6.45) is 18.9. The number of carbonyl (C=O) groups is 2. The number of hydrogen-bond acceptors (Lipinski definition) is 3. The number of aldehydes is 1. The van der Waals surface area contributed by atoms with Crippen molar-refractivity contribution in [1.82, 2.24) is 0 Å². The van der Waals surface area contributed by atoms with Crippen LogP contribution in [-0.4, -0.2) is 22.5 Å². The van der Waals surface area contributed by atoms with Crippen LogP contribution in [0.25, 0.3) is 0 Å². The minimum atomic E-state index is -0.847. The summed E-state index contributed by atoms with van der Waals surface area (Å²) in [6.45, 7) is 1.98. The quantitative estimate of drug-likeness (QED) is 0.185. The van der Waals surface area contributed by atoms with Crippen LogP contribution in [0, 0.1) is 17.3 Å². The average molecular weight is 429 g/mol. The Kier molecular flexibility index (Phi) is 10.8. The smallest absolute Gasteiger partial charge is 0.327 e. The van der Waals surface area contributed by atoms with E-state index in [2.05, 4.69) is 0 Å². The molecule has 2 N–H and O–H groups in total. The normalized spacial score (nSPS) is 17.6. The van der Waals surface area contributed by atoms with E-state index in [1.54, 1.807) is 12.1 Å². The molecule has 31 heavy (non-hydrogen) atoms. The molecule has 2 rings (SSSR count). The van der Waals surface area contributed by atoms with Crippen molar-refractivity contribution in [3.63, 3.8) is 0 Å². The molecule has 0 heterocycles. The molecule has 0 radical (unpaired) electrons. The maximum atomic E-state index is 11.0. The molecule has 4 nitrogen and oxygen atoms in total. The Morgan fingerprint density at radius 2 is 1.68 bits per heavy atom. The molecule has 172 valence electrons. The highest BCUT2D eigenvalue weighted by atomic mass is 16.4. The fourth-order valence-electron chi connectivity index (χ4n) is 5.03. The Bertz CT molecular complexity index is 686. The van der Waals surface area contributed by atoms with Gasteiger partial charge in [0.2, 0.25) is 0 Å². The highest BCUT2D eigenvalue weighted by molar-refractivity contribution is 5.79. The van der Waals surface area contributed by atoms with Gasteiger partial charge in [-0.3, -0.25) is 0 Å². The molecule has 0 aromatic heterocycles. The van der Waals surface area contributed by atoms with Crippen LogP contribution < -0.4 is 0 Å². The second-order valence-corrected chi connectivity index (χ2v) is 9.62. The third-order valence-electron chi connectivity index (χ3n) is 6.93. The van der Waals surface area contributed by atoms with E-state index in [4.69, 9.17) is 5.11 Å². The van der Waals surface area contributed by atoms with Crippen molar-refractivity contribution in [1.29, 1.82) is 0 Å². The van der Waals surface area contributed by atoms with E-state index in [9.17, 15) is 14.7 Å². The van der Waals surface area contributed by atoms with Crippen LogP contribution in [0.2, 0.25) is 0 Å². The second-order valence-electron chi connectivity index (χ2n) is 9.62. The SMILES string of the molecule is C[C@H](C=O)CCCCC[C@H](CCCC1(C=CC(=O)O)CCCC1)Cc1ccc(O)cc1. The van der Waals surface area contributed by atoms with Crippen molar-refractivity contribution in [2.75, 3.05) is 0 Å². The number of unbranched alkanes of at least 4 members (excludes halogenated alkanes) is 2. The van der Waals surface area contributed by atoms with Crippen molar-refractivity contribution in [2.45, 2.75) is 90.4 Å². The predicted molar refractivity (Wildman–Crippen MR) is 125 cm³/mol. The third-order valence-corrected chi connectivity index (χ3v) is 6.93. The minimum absolute atomic E-state index is 0.0758. The summed E-state index contributed by atoms with van der Waals surface area (Å²) in [5, 5.41) is 18.6. The van der Waals surface area contributed by atoms with Crippen LogP contribution in [0.15, 0.2) is 36.4 Å². The zero-order valence-electron chi connectivity index (χ0n) is 19.1. The molecule has 0 bridgehead atoms. The predicted octanol–water partition coefficient (Wildman–Crippen LogP) is 6.71. The summed E-state index contributed by atoms with van der Waals surface area (Å²) in [5.74, 6) is 0.211. The van der Waals surface area contributed by atoms with Crippen molar-refractivity contribution in [2.24, 2.45) is 17.3 Å². The topological polar surface area (TPSA) is 74.6 Å². The van der Waals surface area contributed by atoms with Gasteiger partial charge in [0, 0.05) is 12.0 Å². The Balaban J connectivity index is 1.88. The summed E-state index contributed by atoms with van der Waals surface area (Å²) in [5.41, 5.74) is 1.34. The number of allylic oxidation sites excluding steroid dienone is 1. The maximum absolute atomic E-state index is 11.0. The van der Waals surface area contributed by atoms with Gasteiger partial charge in [-0.1, -0.05) is 76.5 Å². The molecule has 1 aromatic carbocycles. The number of carboxylic acid groups (broad SMARTS) is 1. The molecule has 1 saturated carbocycles. The molecule has 1 aliphatic rings. The molecule has 1 aromatic rings. The van der Waals surface area contributed by atoms with Crippen molar-refractivity contribution < 1.29 is 19.8 Å². The van der Waals surface area contributed by atoms with Gasteiger partial charge >= 0.3 is 5.97 Å². The van der Waals surface area contributed by atoms with Crippen LogP contribution >= 0.6 is 0 Å². The molecular weight excluding hydrogens is 388 g/mol. The summed E-state index contributed by atoms with van der Waals surface area (Å²) < 4.78 is 0. The standard InChI is InChI=1S/C27H40O4/c1-22(21-28)8-3-2-4-9-23(20-24-11-13-25(29)14-12-24)10-7-18-27(16-5-6-17-27)19-15-26(30)31/h11-15,19,21-23,29H,2-10,16-18,20H2,1H3,(H,30,31)/t22-,23+/m0/s1. The van der Waals surface area contributed by atoms with Crippen LogP contribution in [0.4, 0.5) is 0 Å². The van der Waals surface area contributed by atoms with E-state index in [1.807, 2.05) is 25.1 Å². The lowest BCUT2D eigenvalue weighted by Crippen LogP contribution is -2.15. The first kappa shape index (κ1) is 25.2. The molecular formula is C27H40O4. The van der Waals surface area contributed by atoms with Gasteiger partial charge in [-0.25, -0.2) is 4.79 Å². The maximum Gasteiger partial charge on any atom is 0.327 e. The number of carbonyl (C=O) groups excluding carboxylic acids is 1. The van der Waals surface area contributed by atoms with Crippen molar-refractivity contribution >= 4 is 12.3 Å². The summed E-state index contributed by atoms with van der Waals surface area (Å²) >= 11 is 0. The van der Waals surface area contributed by atoms with E-state index >= 15 is 0 Å². The molecule has 0 spiro atoms. The van der Waals surface area contributed by atoms with Crippen LogP contribution in [0.5, 0.6) is 5.75 Å². The van der Waals surface area contributed by atoms with Gasteiger partial charge in [-0.2, -0.15) is 0 Å². The van der Waals surface area contributed by atoms with Gasteiger partial charge < -0.3 is 15.0 Å². The molecule has 4 heteroatoms. The van der Waals surface area contributed by atoms with Crippen LogP contribution in [0.3, 0.4) is 0 Å². The van der Waals surface area contributed by atoms with E-state index in [1.165, 1.54) is 37.3 Å². The average Bonchev–Trinajstić information content (AvgIpc) is 3.22. The Labute approximate surface area is 187 Å². The van der Waals surface area contributed by atoms with Gasteiger partial charge in [0.15, 0.2) is 0 Å². The van der Waals surface area contributed by atoms with Crippen LogP contribution in [0.1, 0.15) is 89.5 Å². The lowest BCUT2D eigenvalue weighted by atomic mass is 9.79. The fraction of sp³-hybridized carbons (Fsp3) is 0.630. The number of hydrogen-bond donors (Lipinski definition) is 2. The molecule has 2 atom stereocenters. The van der Waals surface area contributed by atoms with Gasteiger partial charge in [-0.15, -0.1) is 0 Å². The largest absolute Gasteiger partial charge is 0.508 e.